The number of aryl methyl sites for hydroxylation is 1. The Morgan fingerprint density at radius 2 is 1.88 bits per heavy atom. The zero-order valence-corrected chi connectivity index (χ0v) is 18.8. The highest BCUT2D eigenvalue weighted by Gasteiger charge is 2.23. The minimum Gasteiger partial charge on any atom is -0.508 e. The number of carbonyl (C=O) groups excluding carboxylic acids is 1. The van der Waals surface area contributed by atoms with Crippen molar-refractivity contribution < 1.29 is 19.0 Å². The summed E-state index contributed by atoms with van der Waals surface area (Å²) in [5.41, 5.74) is 2.69. The summed E-state index contributed by atoms with van der Waals surface area (Å²) in [5, 5.41) is 14.0. The van der Waals surface area contributed by atoms with Crippen LogP contribution in [-0.4, -0.2) is 30.6 Å². The molecule has 0 saturated carbocycles. The van der Waals surface area contributed by atoms with Crippen molar-refractivity contribution in [1.29, 1.82) is 0 Å². The minimum atomic E-state index is -0.446. The molecule has 0 unspecified atom stereocenters. The Morgan fingerprint density at radius 3 is 2.62 bits per heavy atom. The van der Waals surface area contributed by atoms with E-state index in [2.05, 4.69) is 5.32 Å². The van der Waals surface area contributed by atoms with Crippen LogP contribution in [0.3, 0.4) is 0 Å². The van der Waals surface area contributed by atoms with Gasteiger partial charge in [-0.05, 0) is 67.1 Å². The van der Waals surface area contributed by atoms with Crippen LogP contribution in [0.2, 0.25) is 0 Å². The molecule has 4 aromatic rings. The molecule has 0 bridgehead atoms. The number of phenols is 1. The number of benzene rings is 3. The highest BCUT2D eigenvalue weighted by atomic mass is 32.1. The molecule has 0 spiro atoms. The number of rotatable bonds is 8. The normalized spacial score (nSPS) is 11.1. The Kier molecular flexibility index (Phi) is 6.53. The van der Waals surface area contributed by atoms with E-state index in [1.165, 1.54) is 23.5 Å². The Hall–Kier alpha value is -3.22. The number of likely N-dealkylation sites (N-methyl/N-ethyl adjacent to an activating group) is 1. The lowest BCUT2D eigenvalue weighted by molar-refractivity contribution is 0.104. The van der Waals surface area contributed by atoms with Gasteiger partial charge < -0.3 is 15.2 Å². The minimum absolute atomic E-state index is 0.135. The van der Waals surface area contributed by atoms with E-state index < -0.39 is 5.82 Å². The maximum atomic E-state index is 13.9. The number of fused-ring (bicyclic) bond motifs is 1. The van der Waals surface area contributed by atoms with E-state index >= 15 is 0 Å². The fourth-order valence-electron chi connectivity index (χ4n) is 3.63. The summed E-state index contributed by atoms with van der Waals surface area (Å²) in [6.45, 7) is 6.07. The van der Waals surface area contributed by atoms with Gasteiger partial charge in [0.15, 0.2) is 0 Å². The van der Waals surface area contributed by atoms with Gasteiger partial charge in [0.2, 0.25) is 5.78 Å². The molecule has 1 heterocycles. The van der Waals surface area contributed by atoms with Crippen LogP contribution in [0.15, 0.2) is 60.7 Å². The Bertz CT molecular complexity index is 1260. The first-order valence-electron chi connectivity index (χ1n) is 10.5. The van der Waals surface area contributed by atoms with Crippen LogP contribution in [0, 0.1) is 12.7 Å². The quantitative estimate of drug-likeness (QED) is 0.258. The lowest BCUT2D eigenvalue weighted by Gasteiger charge is -2.10. The molecule has 0 aliphatic carbocycles. The number of hydrogen-bond donors (Lipinski definition) is 2. The smallest absolute Gasteiger partial charge is 0.203 e. The molecule has 4 nitrogen and oxygen atoms in total. The largest absolute Gasteiger partial charge is 0.508 e. The first kappa shape index (κ1) is 22.0. The predicted octanol–water partition coefficient (Wildman–Crippen LogP) is 5.94. The van der Waals surface area contributed by atoms with Crippen molar-refractivity contribution in [3.63, 3.8) is 0 Å². The molecular formula is C26H24FNO3S. The molecule has 4 rings (SSSR count). The Morgan fingerprint density at radius 1 is 1.09 bits per heavy atom. The number of phenolic OH excluding ortho intramolecular Hbond substituents is 1. The van der Waals surface area contributed by atoms with E-state index in [9.17, 15) is 14.3 Å². The zero-order chi connectivity index (χ0) is 22.7. The maximum Gasteiger partial charge on any atom is 0.203 e. The fraction of sp³-hybridized carbons (Fsp3) is 0.192. The second kappa shape index (κ2) is 9.51. The predicted molar refractivity (Wildman–Crippen MR) is 128 cm³/mol. The van der Waals surface area contributed by atoms with Crippen molar-refractivity contribution in [1.82, 2.24) is 5.32 Å². The standard InChI is InChI=1S/C26H24FNO3S/c1-3-28-12-13-31-20-9-5-17(6-10-20)24-21-11-8-19(29)15-23(21)32-26(24)25(30)22-14-18(27)7-4-16(22)2/h4-11,14-15,28-29H,3,12-13H2,1-2H3. The van der Waals surface area contributed by atoms with E-state index in [1.54, 1.807) is 25.1 Å². The number of hydrogen-bond acceptors (Lipinski definition) is 5. The van der Waals surface area contributed by atoms with E-state index in [4.69, 9.17) is 4.74 Å². The molecule has 0 aliphatic heterocycles. The summed E-state index contributed by atoms with van der Waals surface area (Å²) in [5.74, 6) is 0.204. The second-order valence-electron chi connectivity index (χ2n) is 7.50. The molecule has 3 aromatic carbocycles. The molecule has 0 atom stereocenters. The van der Waals surface area contributed by atoms with Gasteiger partial charge in [0.1, 0.15) is 23.9 Å². The maximum absolute atomic E-state index is 13.9. The number of aromatic hydroxyl groups is 1. The number of carbonyl (C=O) groups is 1. The lowest BCUT2D eigenvalue weighted by atomic mass is 9.96. The molecular weight excluding hydrogens is 425 g/mol. The van der Waals surface area contributed by atoms with Crippen molar-refractivity contribution in [3.05, 3.63) is 82.5 Å². The van der Waals surface area contributed by atoms with Crippen molar-refractivity contribution in [2.45, 2.75) is 13.8 Å². The van der Waals surface area contributed by atoms with E-state index in [1.807, 2.05) is 37.3 Å². The van der Waals surface area contributed by atoms with Crippen molar-refractivity contribution in [2.75, 3.05) is 19.7 Å². The van der Waals surface area contributed by atoms with Gasteiger partial charge in [-0.3, -0.25) is 4.79 Å². The Balaban J connectivity index is 1.76. The highest BCUT2D eigenvalue weighted by molar-refractivity contribution is 7.21. The summed E-state index contributed by atoms with van der Waals surface area (Å²) in [6, 6.07) is 16.9. The molecule has 0 aliphatic rings. The van der Waals surface area contributed by atoms with Crippen LogP contribution < -0.4 is 10.1 Å². The number of ether oxygens (including phenoxy) is 1. The average Bonchev–Trinajstić information content (AvgIpc) is 3.17. The van der Waals surface area contributed by atoms with Gasteiger partial charge in [-0.2, -0.15) is 0 Å². The number of ketones is 1. The van der Waals surface area contributed by atoms with Crippen LogP contribution in [0.1, 0.15) is 27.7 Å². The molecule has 0 fully saturated rings. The third-order valence-electron chi connectivity index (χ3n) is 5.26. The molecule has 164 valence electrons. The highest BCUT2D eigenvalue weighted by Crippen LogP contribution is 2.41. The van der Waals surface area contributed by atoms with Crippen LogP contribution in [0.4, 0.5) is 4.39 Å². The second-order valence-corrected chi connectivity index (χ2v) is 8.55. The topological polar surface area (TPSA) is 58.6 Å². The summed E-state index contributed by atoms with van der Waals surface area (Å²) in [4.78, 5) is 14.0. The number of halogens is 1. The van der Waals surface area contributed by atoms with Gasteiger partial charge in [0.25, 0.3) is 0 Å². The number of thiophene rings is 1. The zero-order valence-electron chi connectivity index (χ0n) is 17.9. The Labute approximate surface area is 190 Å². The van der Waals surface area contributed by atoms with Gasteiger partial charge in [-0.15, -0.1) is 11.3 Å². The van der Waals surface area contributed by atoms with Crippen LogP contribution in [0.5, 0.6) is 11.5 Å². The van der Waals surface area contributed by atoms with Crippen LogP contribution in [-0.2, 0) is 0 Å². The first-order chi connectivity index (χ1) is 15.5. The first-order valence-corrected chi connectivity index (χ1v) is 11.3. The molecule has 2 N–H and O–H groups in total. The van der Waals surface area contributed by atoms with E-state index in [0.717, 1.165) is 40.1 Å². The molecule has 6 heteroatoms. The molecule has 0 radical (unpaired) electrons. The number of nitrogens with one attached hydrogen (secondary N) is 1. The van der Waals surface area contributed by atoms with Crippen molar-refractivity contribution >= 4 is 27.2 Å². The summed E-state index contributed by atoms with van der Waals surface area (Å²) in [7, 11) is 0. The van der Waals surface area contributed by atoms with Crippen molar-refractivity contribution in [2.24, 2.45) is 0 Å². The third-order valence-corrected chi connectivity index (χ3v) is 6.42. The summed E-state index contributed by atoms with van der Waals surface area (Å²) < 4.78 is 20.5. The molecule has 32 heavy (non-hydrogen) atoms. The van der Waals surface area contributed by atoms with Crippen molar-refractivity contribution in [3.8, 4) is 22.6 Å². The van der Waals surface area contributed by atoms with Gasteiger partial charge >= 0.3 is 0 Å². The molecule has 1 aromatic heterocycles. The summed E-state index contributed by atoms with van der Waals surface area (Å²) in [6.07, 6.45) is 0. The van der Waals surface area contributed by atoms with Crippen LogP contribution in [0.25, 0.3) is 21.2 Å². The fourth-order valence-corrected chi connectivity index (χ4v) is 4.84. The van der Waals surface area contributed by atoms with E-state index in [-0.39, 0.29) is 11.5 Å². The third kappa shape index (κ3) is 4.52. The van der Waals surface area contributed by atoms with Gasteiger partial charge in [-0.1, -0.05) is 25.1 Å². The molecule has 0 saturated heterocycles. The van der Waals surface area contributed by atoms with Crippen LogP contribution >= 0.6 is 11.3 Å². The van der Waals surface area contributed by atoms with E-state index in [0.29, 0.717) is 22.6 Å². The molecule has 0 amide bonds. The lowest BCUT2D eigenvalue weighted by Crippen LogP contribution is -2.20. The average molecular weight is 450 g/mol. The van der Waals surface area contributed by atoms with Gasteiger partial charge in [0.05, 0.1) is 4.88 Å². The van der Waals surface area contributed by atoms with Gasteiger partial charge in [0, 0.05) is 27.8 Å². The monoisotopic (exact) mass is 449 g/mol. The SMILES string of the molecule is CCNCCOc1ccc(-c2c(C(=O)c3cc(F)ccc3C)sc3cc(O)ccc23)cc1. The summed E-state index contributed by atoms with van der Waals surface area (Å²) >= 11 is 1.30. The van der Waals surface area contributed by atoms with Gasteiger partial charge in [-0.25, -0.2) is 4.39 Å².